The first-order valence-electron chi connectivity index (χ1n) is 7.33. The van der Waals surface area contributed by atoms with E-state index in [1.807, 2.05) is 0 Å². The Kier molecular flexibility index (Phi) is 2.97. The van der Waals surface area contributed by atoms with Crippen molar-refractivity contribution in [2.24, 2.45) is 0 Å². The fraction of sp³-hybridized carbons (Fsp3) is 0.267. The highest BCUT2D eigenvalue weighted by Crippen LogP contribution is 2.41. The summed E-state index contributed by atoms with van der Waals surface area (Å²) >= 11 is 0. The molecule has 0 saturated carbocycles. The van der Waals surface area contributed by atoms with Gasteiger partial charge in [0.15, 0.2) is 5.78 Å². The van der Waals surface area contributed by atoms with Crippen LogP contribution in [0.4, 0.5) is 11.6 Å². The lowest BCUT2D eigenvalue weighted by Crippen LogP contribution is -2.31. The smallest absolute Gasteiger partial charge is 0.275 e. The van der Waals surface area contributed by atoms with Crippen LogP contribution in [0.15, 0.2) is 41.9 Å². The molecule has 0 saturated heterocycles. The zero-order valence-corrected chi connectivity index (χ0v) is 12.1. The van der Waals surface area contributed by atoms with Crippen LogP contribution in [-0.4, -0.2) is 25.5 Å². The van der Waals surface area contributed by atoms with Crippen molar-refractivity contribution in [1.29, 1.82) is 0 Å². The first-order valence-corrected chi connectivity index (χ1v) is 7.33. The van der Waals surface area contributed by atoms with Crippen molar-refractivity contribution in [2.75, 3.05) is 5.32 Å². The highest BCUT2D eigenvalue weighted by Gasteiger charge is 2.38. The molecule has 1 aromatic heterocycles. The number of carbonyl (C=O) groups excluding carboxylic acids is 1. The predicted molar refractivity (Wildman–Crippen MR) is 80.8 cm³/mol. The summed E-state index contributed by atoms with van der Waals surface area (Å²) in [6.07, 6.45) is 3.32. The SMILES string of the molecule is O=C1CCCC2=C1[C@H](c1ccccc1[N+](=O)[O-])n1ncnc1N2. The molecular formula is C15H13N5O3. The fourth-order valence-electron chi connectivity index (χ4n) is 3.27. The molecule has 0 spiro atoms. The molecule has 0 unspecified atom stereocenters. The summed E-state index contributed by atoms with van der Waals surface area (Å²) in [5.41, 5.74) is 1.79. The molecule has 1 N–H and O–H groups in total. The number of Topliss-reactive ketones (excluding diaryl/α,β-unsaturated/α-hetero) is 1. The Morgan fingerprint density at radius 2 is 2.13 bits per heavy atom. The van der Waals surface area contributed by atoms with Crippen LogP contribution >= 0.6 is 0 Å². The minimum Gasteiger partial charge on any atom is -0.328 e. The molecule has 0 bridgehead atoms. The van der Waals surface area contributed by atoms with Gasteiger partial charge in [-0.15, -0.1) is 0 Å². The Morgan fingerprint density at radius 3 is 2.96 bits per heavy atom. The van der Waals surface area contributed by atoms with Crippen LogP contribution in [0.5, 0.6) is 0 Å². The fourth-order valence-corrected chi connectivity index (χ4v) is 3.27. The van der Waals surface area contributed by atoms with E-state index >= 15 is 0 Å². The summed E-state index contributed by atoms with van der Waals surface area (Å²) in [4.78, 5) is 27.6. The van der Waals surface area contributed by atoms with Crippen LogP contribution in [0.3, 0.4) is 0 Å². The average Bonchev–Trinajstić information content (AvgIpc) is 3.01. The number of anilines is 1. The Morgan fingerprint density at radius 1 is 1.30 bits per heavy atom. The van der Waals surface area contributed by atoms with E-state index in [9.17, 15) is 14.9 Å². The molecule has 0 fully saturated rings. The number of nitrogens with zero attached hydrogens (tertiary/aromatic N) is 4. The van der Waals surface area contributed by atoms with Crippen molar-refractivity contribution in [1.82, 2.24) is 14.8 Å². The predicted octanol–water partition coefficient (Wildman–Crippen LogP) is 2.21. The molecule has 8 heteroatoms. The number of benzene rings is 1. The molecule has 1 aromatic carbocycles. The standard InChI is InChI=1S/C15H13N5O3/c21-12-7-3-5-10-13(12)14(19-15(18-10)16-8-17-19)9-4-1-2-6-11(9)20(22)23/h1-2,4,6,8,14H,3,5,7H2,(H,16,17,18)/t14-/m0/s1. The molecule has 2 heterocycles. The molecule has 116 valence electrons. The van der Waals surface area contributed by atoms with Crippen LogP contribution in [0.25, 0.3) is 0 Å². The van der Waals surface area contributed by atoms with E-state index in [1.165, 1.54) is 12.4 Å². The van der Waals surface area contributed by atoms with E-state index in [1.54, 1.807) is 22.9 Å². The number of aromatic nitrogens is 3. The number of hydrogen-bond acceptors (Lipinski definition) is 6. The molecule has 0 amide bonds. The monoisotopic (exact) mass is 311 g/mol. The van der Waals surface area contributed by atoms with Crippen molar-refractivity contribution in [3.8, 4) is 0 Å². The van der Waals surface area contributed by atoms with Gasteiger partial charge in [-0.3, -0.25) is 14.9 Å². The molecule has 1 aliphatic carbocycles. The van der Waals surface area contributed by atoms with Gasteiger partial charge in [0.25, 0.3) is 5.69 Å². The summed E-state index contributed by atoms with van der Waals surface area (Å²) in [5, 5.41) is 18.7. The zero-order valence-electron chi connectivity index (χ0n) is 12.1. The minimum atomic E-state index is -0.613. The Bertz CT molecular complexity index is 854. The molecular weight excluding hydrogens is 298 g/mol. The van der Waals surface area contributed by atoms with Gasteiger partial charge in [0, 0.05) is 23.8 Å². The van der Waals surface area contributed by atoms with Crippen molar-refractivity contribution in [3.63, 3.8) is 0 Å². The maximum atomic E-state index is 12.5. The van der Waals surface area contributed by atoms with Crippen LogP contribution in [0.2, 0.25) is 0 Å². The average molecular weight is 311 g/mol. The zero-order chi connectivity index (χ0) is 16.0. The van der Waals surface area contributed by atoms with Gasteiger partial charge < -0.3 is 5.32 Å². The molecule has 1 atom stereocenters. The third-order valence-electron chi connectivity index (χ3n) is 4.24. The lowest BCUT2D eigenvalue weighted by atomic mass is 9.85. The van der Waals surface area contributed by atoms with Gasteiger partial charge in [-0.1, -0.05) is 12.1 Å². The number of nitro benzene ring substituents is 1. The summed E-state index contributed by atoms with van der Waals surface area (Å²) in [6, 6.07) is 5.85. The lowest BCUT2D eigenvalue weighted by Gasteiger charge is -2.31. The third kappa shape index (κ3) is 2.02. The number of para-hydroxylation sites is 1. The lowest BCUT2D eigenvalue weighted by molar-refractivity contribution is -0.385. The molecule has 4 rings (SSSR count). The maximum absolute atomic E-state index is 12.5. The van der Waals surface area contributed by atoms with Gasteiger partial charge in [0.2, 0.25) is 5.95 Å². The molecule has 1 aliphatic heterocycles. The number of rotatable bonds is 2. The van der Waals surface area contributed by atoms with Crippen LogP contribution in [-0.2, 0) is 4.79 Å². The first kappa shape index (κ1) is 13.6. The highest BCUT2D eigenvalue weighted by atomic mass is 16.6. The van der Waals surface area contributed by atoms with E-state index in [2.05, 4.69) is 15.4 Å². The van der Waals surface area contributed by atoms with Gasteiger partial charge in [-0.25, -0.2) is 4.68 Å². The second-order valence-electron chi connectivity index (χ2n) is 5.54. The number of nitro groups is 1. The highest BCUT2D eigenvalue weighted by molar-refractivity contribution is 5.99. The van der Waals surface area contributed by atoms with Gasteiger partial charge in [0.05, 0.1) is 10.5 Å². The van der Waals surface area contributed by atoms with E-state index < -0.39 is 11.0 Å². The van der Waals surface area contributed by atoms with Crippen molar-refractivity contribution >= 4 is 17.4 Å². The van der Waals surface area contributed by atoms with Crippen molar-refractivity contribution in [2.45, 2.75) is 25.3 Å². The molecule has 2 aromatic rings. The minimum absolute atomic E-state index is 0.00283. The summed E-state index contributed by atoms with van der Waals surface area (Å²) in [5.74, 6) is 0.504. The number of carbonyl (C=O) groups is 1. The normalized spacial score (nSPS) is 19.8. The quantitative estimate of drug-likeness (QED) is 0.673. The second-order valence-corrected chi connectivity index (χ2v) is 5.54. The van der Waals surface area contributed by atoms with Gasteiger partial charge in [-0.2, -0.15) is 10.1 Å². The molecule has 8 nitrogen and oxygen atoms in total. The summed E-state index contributed by atoms with van der Waals surface area (Å²) in [7, 11) is 0. The van der Waals surface area contributed by atoms with Gasteiger partial charge in [0.1, 0.15) is 12.4 Å². The Balaban J connectivity index is 1.97. The van der Waals surface area contributed by atoms with Gasteiger partial charge in [-0.05, 0) is 18.9 Å². The second kappa shape index (κ2) is 5.01. The van der Waals surface area contributed by atoms with E-state index in [4.69, 9.17) is 0 Å². The largest absolute Gasteiger partial charge is 0.328 e. The van der Waals surface area contributed by atoms with Crippen molar-refractivity contribution < 1.29 is 9.72 Å². The topological polar surface area (TPSA) is 103 Å². The number of fused-ring (bicyclic) bond motifs is 1. The summed E-state index contributed by atoms with van der Waals surface area (Å²) in [6.45, 7) is 0. The number of hydrogen-bond donors (Lipinski definition) is 1. The Hall–Kier alpha value is -3.03. The molecule has 23 heavy (non-hydrogen) atoms. The number of ketones is 1. The molecule has 2 aliphatic rings. The number of nitrogens with one attached hydrogen (secondary N) is 1. The van der Waals surface area contributed by atoms with E-state index in [0.717, 1.165) is 18.5 Å². The summed E-state index contributed by atoms with van der Waals surface area (Å²) < 4.78 is 1.55. The Labute approximate surface area is 131 Å². The van der Waals surface area contributed by atoms with Crippen molar-refractivity contribution in [3.05, 3.63) is 57.5 Å². The molecule has 0 radical (unpaired) electrons. The first-order chi connectivity index (χ1) is 11.2. The van der Waals surface area contributed by atoms with E-state index in [-0.39, 0.29) is 11.5 Å². The third-order valence-corrected chi connectivity index (χ3v) is 4.24. The van der Waals surface area contributed by atoms with Gasteiger partial charge >= 0.3 is 0 Å². The maximum Gasteiger partial charge on any atom is 0.275 e. The van der Waals surface area contributed by atoms with Crippen LogP contribution in [0, 0.1) is 10.1 Å². The van der Waals surface area contributed by atoms with E-state index in [0.29, 0.717) is 23.5 Å². The van der Waals surface area contributed by atoms with Crippen LogP contribution < -0.4 is 5.32 Å². The van der Waals surface area contributed by atoms with Crippen LogP contribution in [0.1, 0.15) is 30.9 Å². The number of allylic oxidation sites excluding steroid dienone is 2.